The Bertz CT molecular complexity index is 1050. The Labute approximate surface area is 149 Å². The van der Waals surface area contributed by atoms with Crippen LogP contribution in [-0.2, 0) is 0 Å². The van der Waals surface area contributed by atoms with Crippen LogP contribution in [0.5, 0.6) is 0 Å². The van der Waals surface area contributed by atoms with E-state index in [2.05, 4.69) is 32.3 Å². The number of hydrogen-bond acceptors (Lipinski definition) is 5. The van der Waals surface area contributed by atoms with Crippen molar-refractivity contribution in [1.82, 2.24) is 15.2 Å². The van der Waals surface area contributed by atoms with E-state index < -0.39 is 11.7 Å². The van der Waals surface area contributed by atoms with E-state index in [1.54, 1.807) is 26.0 Å². The van der Waals surface area contributed by atoms with Crippen LogP contribution in [0, 0.1) is 11.8 Å². The number of aliphatic hydroxyl groups is 1. The molecule has 8 nitrogen and oxygen atoms in total. The molecule has 6 N–H and O–H groups in total. The van der Waals surface area contributed by atoms with Crippen molar-refractivity contribution in [2.75, 3.05) is 11.1 Å². The monoisotopic (exact) mass is 351 g/mol. The smallest absolute Gasteiger partial charge is 0.410 e. The highest BCUT2D eigenvalue weighted by Crippen LogP contribution is 2.30. The fourth-order valence-electron chi connectivity index (χ4n) is 2.41. The molecule has 0 fully saturated rings. The molecule has 0 bridgehead atoms. The van der Waals surface area contributed by atoms with Gasteiger partial charge in [-0.05, 0) is 49.2 Å². The summed E-state index contributed by atoms with van der Waals surface area (Å²) in [4.78, 5) is 14.8. The van der Waals surface area contributed by atoms with Crippen LogP contribution in [-0.4, -0.2) is 37.1 Å². The zero-order valence-electron chi connectivity index (χ0n) is 14.2. The number of nitrogen functional groups attached to an aromatic ring is 1. The van der Waals surface area contributed by atoms with Crippen LogP contribution in [0.25, 0.3) is 22.0 Å². The van der Waals surface area contributed by atoms with Gasteiger partial charge in [-0.25, -0.2) is 9.78 Å². The first-order valence-electron chi connectivity index (χ1n) is 7.72. The van der Waals surface area contributed by atoms with Gasteiger partial charge in [-0.15, -0.1) is 0 Å². The Hall–Kier alpha value is -3.57. The van der Waals surface area contributed by atoms with Gasteiger partial charge >= 0.3 is 6.09 Å². The molecule has 0 atom stereocenters. The minimum absolute atomic E-state index is 0.208. The zero-order valence-corrected chi connectivity index (χ0v) is 14.2. The number of H-pyrrole nitrogens is 1. The average molecular weight is 351 g/mol. The number of anilines is 2. The summed E-state index contributed by atoms with van der Waals surface area (Å²) in [5.74, 6) is 6.25. The topological polar surface area (TPSA) is 137 Å². The van der Waals surface area contributed by atoms with Crippen LogP contribution in [0.15, 0.2) is 30.5 Å². The van der Waals surface area contributed by atoms with Gasteiger partial charge in [0.05, 0.1) is 11.1 Å². The summed E-state index contributed by atoms with van der Waals surface area (Å²) in [6.07, 6.45) is 0.312. The lowest BCUT2D eigenvalue weighted by Crippen LogP contribution is -2.14. The minimum atomic E-state index is -1.19. The van der Waals surface area contributed by atoms with Crippen LogP contribution in [0.2, 0.25) is 0 Å². The number of nitrogens with one attached hydrogen (secondary N) is 2. The second-order valence-corrected chi connectivity index (χ2v) is 6.22. The van der Waals surface area contributed by atoms with Gasteiger partial charge in [-0.3, -0.25) is 10.4 Å². The number of carboxylic acid groups (broad SMARTS) is 1. The first-order valence-corrected chi connectivity index (χ1v) is 7.72. The van der Waals surface area contributed by atoms with E-state index in [1.165, 1.54) is 6.20 Å². The molecule has 0 aliphatic carbocycles. The van der Waals surface area contributed by atoms with Gasteiger partial charge in [0.1, 0.15) is 11.4 Å². The highest BCUT2D eigenvalue weighted by molar-refractivity contribution is 5.96. The maximum atomic E-state index is 10.8. The van der Waals surface area contributed by atoms with Gasteiger partial charge in [-0.2, -0.15) is 5.10 Å². The number of nitrogens with zero attached hydrogens (tertiary/aromatic N) is 2. The molecule has 132 valence electrons. The molecule has 1 aromatic carbocycles. The van der Waals surface area contributed by atoms with E-state index in [0.29, 0.717) is 22.3 Å². The third-order valence-corrected chi connectivity index (χ3v) is 3.53. The van der Waals surface area contributed by atoms with Crippen molar-refractivity contribution in [3.8, 4) is 23.0 Å². The lowest BCUT2D eigenvalue weighted by atomic mass is 10.00. The molecule has 8 heteroatoms. The summed E-state index contributed by atoms with van der Waals surface area (Å²) >= 11 is 0. The van der Waals surface area contributed by atoms with E-state index in [4.69, 9.17) is 10.8 Å². The zero-order chi connectivity index (χ0) is 18.9. The fourth-order valence-corrected chi connectivity index (χ4v) is 2.41. The molecule has 2 aromatic heterocycles. The number of aromatic amines is 1. The maximum Gasteiger partial charge on any atom is 0.410 e. The normalized spacial score (nSPS) is 11.0. The summed E-state index contributed by atoms with van der Waals surface area (Å²) < 4.78 is 0. The molecule has 0 unspecified atom stereocenters. The first-order chi connectivity index (χ1) is 12.2. The van der Waals surface area contributed by atoms with Gasteiger partial charge in [0, 0.05) is 11.6 Å². The Balaban J connectivity index is 2.16. The minimum Gasteiger partial charge on any atom is -0.465 e. The van der Waals surface area contributed by atoms with Crippen molar-refractivity contribution in [3.63, 3.8) is 0 Å². The second-order valence-electron chi connectivity index (χ2n) is 6.22. The number of rotatable bonds is 2. The van der Waals surface area contributed by atoms with Crippen LogP contribution < -0.4 is 11.1 Å². The molecule has 26 heavy (non-hydrogen) atoms. The first kappa shape index (κ1) is 17.3. The van der Waals surface area contributed by atoms with E-state index in [9.17, 15) is 9.90 Å². The van der Waals surface area contributed by atoms with Gasteiger partial charge < -0.3 is 15.9 Å². The van der Waals surface area contributed by atoms with Crippen LogP contribution >= 0.6 is 0 Å². The lowest BCUT2D eigenvalue weighted by molar-refractivity contribution is 0.143. The number of amides is 1. The largest absolute Gasteiger partial charge is 0.465 e. The Morgan fingerprint density at radius 1 is 1.31 bits per heavy atom. The fraction of sp³-hybridized carbons (Fsp3) is 0.167. The van der Waals surface area contributed by atoms with E-state index >= 15 is 0 Å². The van der Waals surface area contributed by atoms with E-state index in [-0.39, 0.29) is 5.82 Å². The number of carbonyl (C=O) groups is 1. The Kier molecular flexibility index (Phi) is 4.24. The molecule has 0 aliphatic rings. The SMILES string of the molecule is CC(C)(O)C#Cc1cc(-c2ccnc(NC(=O)O)c2)cc2c(N)n[nH]c12. The number of nitrogens with two attached hydrogens (primary N) is 1. The summed E-state index contributed by atoms with van der Waals surface area (Å²) in [5.41, 5.74) is 7.56. The van der Waals surface area contributed by atoms with Crippen molar-refractivity contribution >= 4 is 28.6 Å². The second kappa shape index (κ2) is 6.38. The molecule has 3 rings (SSSR count). The molecular weight excluding hydrogens is 334 g/mol. The molecule has 1 amide bonds. The van der Waals surface area contributed by atoms with Gasteiger partial charge in [0.15, 0.2) is 5.82 Å². The predicted molar refractivity (Wildman–Crippen MR) is 98.6 cm³/mol. The third-order valence-electron chi connectivity index (χ3n) is 3.53. The summed E-state index contributed by atoms with van der Waals surface area (Å²) in [6, 6.07) is 7.01. The average Bonchev–Trinajstić information content (AvgIpc) is 2.93. The number of benzene rings is 1. The molecule has 0 saturated heterocycles. The molecule has 0 radical (unpaired) electrons. The number of hydrogen-bond donors (Lipinski definition) is 5. The number of aromatic nitrogens is 3. The molecular formula is C18H17N5O3. The number of pyridine rings is 1. The van der Waals surface area contributed by atoms with Crippen molar-refractivity contribution in [3.05, 3.63) is 36.0 Å². The highest BCUT2D eigenvalue weighted by Gasteiger charge is 2.12. The predicted octanol–water partition coefficient (Wildman–Crippen LogP) is 2.42. The molecule has 3 aromatic rings. The van der Waals surface area contributed by atoms with Crippen molar-refractivity contribution in [2.45, 2.75) is 19.4 Å². The maximum absolute atomic E-state index is 10.8. The van der Waals surface area contributed by atoms with Gasteiger partial charge in [0.2, 0.25) is 0 Å². The third kappa shape index (κ3) is 3.74. The Morgan fingerprint density at radius 2 is 2.08 bits per heavy atom. The van der Waals surface area contributed by atoms with Crippen molar-refractivity contribution in [1.29, 1.82) is 0 Å². The van der Waals surface area contributed by atoms with Crippen molar-refractivity contribution < 1.29 is 15.0 Å². The standard InChI is InChI=1S/C18H17N5O3/c1-18(2,26)5-3-11-7-12(8-13-15(11)22-23-16(13)19)10-4-6-20-14(9-10)21-17(24)25/h4,6-9,26H,1-2H3,(H,20,21)(H,24,25)(H3,19,22,23). The molecule has 0 spiro atoms. The summed E-state index contributed by atoms with van der Waals surface area (Å²) in [5, 5.41) is 28.5. The van der Waals surface area contributed by atoms with Gasteiger partial charge in [-0.1, -0.05) is 11.8 Å². The summed E-state index contributed by atoms with van der Waals surface area (Å²) in [7, 11) is 0. The van der Waals surface area contributed by atoms with E-state index in [1.807, 2.05) is 12.1 Å². The molecule has 0 saturated carbocycles. The van der Waals surface area contributed by atoms with Gasteiger partial charge in [0.25, 0.3) is 0 Å². The summed E-state index contributed by atoms with van der Waals surface area (Å²) in [6.45, 7) is 3.18. The van der Waals surface area contributed by atoms with Crippen LogP contribution in [0.3, 0.4) is 0 Å². The van der Waals surface area contributed by atoms with Crippen molar-refractivity contribution in [2.24, 2.45) is 0 Å². The highest BCUT2D eigenvalue weighted by atomic mass is 16.4. The lowest BCUT2D eigenvalue weighted by Gasteiger charge is -2.08. The van der Waals surface area contributed by atoms with Crippen LogP contribution in [0.1, 0.15) is 19.4 Å². The molecule has 2 heterocycles. The van der Waals surface area contributed by atoms with E-state index in [0.717, 1.165) is 11.1 Å². The van der Waals surface area contributed by atoms with Crippen LogP contribution in [0.4, 0.5) is 16.4 Å². The molecule has 0 aliphatic heterocycles. The number of fused-ring (bicyclic) bond motifs is 1. The quantitative estimate of drug-likeness (QED) is 0.450. The Morgan fingerprint density at radius 3 is 2.77 bits per heavy atom.